The molecule has 0 saturated heterocycles. The van der Waals surface area contributed by atoms with Crippen LogP contribution in [0.25, 0.3) is 132 Å². The zero-order valence-corrected chi connectivity index (χ0v) is 44.7. The van der Waals surface area contributed by atoms with E-state index in [0.29, 0.717) is 11.0 Å². The lowest BCUT2D eigenvalue weighted by molar-refractivity contribution is 0.425. The first-order chi connectivity index (χ1) is 39.4. The van der Waals surface area contributed by atoms with E-state index in [1.54, 1.807) is 12.1 Å². The number of halogens is 1. The molecule has 16 rings (SSSR count). The first-order valence-corrected chi connectivity index (χ1v) is 27.4. The molecule has 0 unspecified atom stereocenters. The van der Waals surface area contributed by atoms with Crippen molar-refractivity contribution in [2.24, 2.45) is 0 Å². The first kappa shape index (κ1) is 48.7. The lowest BCUT2D eigenvalue weighted by atomic mass is 9.79. The van der Waals surface area contributed by atoms with E-state index in [9.17, 15) is 10.0 Å². The van der Waals surface area contributed by atoms with Crippen LogP contribution in [0.1, 0.15) is 0 Å². The number of furan rings is 2. The number of benzene rings is 12. The van der Waals surface area contributed by atoms with Crippen molar-refractivity contribution in [3.8, 4) is 44.8 Å². The Hall–Kier alpha value is -9.70. The van der Waals surface area contributed by atoms with Crippen molar-refractivity contribution in [2.45, 2.75) is 0 Å². The predicted molar refractivity (Wildman–Crippen MR) is 336 cm³/mol. The number of fused-ring (bicyclic) bond motifs is 12. The highest BCUT2D eigenvalue weighted by molar-refractivity contribution is 9.10. The Morgan fingerprint density at radius 2 is 0.688 bits per heavy atom. The highest BCUT2D eigenvalue weighted by Crippen LogP contribution is 2.41. The van der Waals surface area contributed by atoms with Gasteiger partial charge in [0.05, 0.1) is 22.1 Å². The summed E-state index contributed by atoms with van der Waals surface area (Å²) in [6, 6.07) is 96.9. The van der Waals surface area contributed by atoms with Crippen molar-refractivity contribution in [2.75, 3.05) is 0 Å². The number of aromatic nitrogens is 2. The van der Waals surface area contributed by atoms with Gasteiger partial charge in [0, 0.05) is 70.0 Å². The van der Waals surface area contributed by atoms with Crippen LogP contribution in [0, 0.1) is 0 Å². The SMILES string of the molecule is Brc1ccc2c(c1)c1cc(-c3ccccc3)ccc1n2-c1ccccc1.OB(O)c1cccc2c1oc1ccccc12.c1ccc(-c2ccc3c(c2)c2cc(-c4cccc5c4oc4ccccc45)ccc2n3-c2ccccc2)cc1. The Kier molecular flexibility index (Phi) is 12.5. The van der Waals surface area contributed by atoms with Gasteiger partial charge in [0.2, 0.25) is 0 Å². The second-order valence-corrected chi connectivity index (χ2v) is 20.8. The van der Waals surface area contributed by atoms with Crippen molar-refractivity contribution < 1.29 is 18.9 Å². The van der Waals surface area contributed by atoms with Crippen LogP contribution in [-0.2, 0) is 0 Å². The van der Waals surface area contributed by atoms with Gasteiger partial charge in [0.25, 0.3) is 0 Å². The van der Waals surface area contributed by atoms with E-state index in [1.165, 1.54) is 71.6 Å². The van der Waals surface area contributed by atoms with E-state index in [2.05, 4.69) is 250 Å². The number of rotatable bonds is 6. The summed E-state index contributed by atoms with van der Waals surface area (Å²) in [7, 11) is -1.51. The summed E-state index contributed by atoms with van der Waals surface area (Å²) >= 11 is 3.64. The van der Waals surface area contributed by atoms with Gasteiger partial charge in [-0.05, 0) is 119 Å². The minimum Gasteiger partial charge on any atom is -0.456 e. The average molecular weight is 1100 g/mol. The Balaban J connectivity index is 0.000000118. The van der Waals surface area contributed by atoms with Gasteiger partial charge in [-0.1, -0.05) is 204 Å². The van der Waals surface area contributed by atoms with Gasteiger partial charge in [-0.15, -0.1) is 0 Å². The zero-order chi connectivity index (χ0) is 53.7. The van der Waals surface area contributed by atoms with E-state index < -0.39 is 7.12 Å². The molecule has 0 aliphatic carbocycles. The van der Waals surface area contributed by atoms with Gasteiger partial charge < -0.3 is 28.0 Å². The number of hydrogen-bond acceptors (Lipinski definition) is 4. The molecule has 2 N–H and O–H groups in total. The molecule has 0 atom stereocenters. The maximum absolute atomic E-state index is 9.24. The number of nitrogens with zero attached hydrogens (tertiary/aromatic N) is 2. The maximum atomic E-state index is 9.24. The van der Waals surface area contributed by atoms with Crippen LogP contribution in [0.4, 0.5) is 0 Å². The zero-order valence-electron chi connectivity index (χ0n) is 43.1. The molecular formula is C72H48BBrN2O4. The molecule has 380 valence electrons. The van der Waals surface area contributed by atoms with Gasteiger partial charge in [-0.2, -0.15) is 0 Å². The molecule has 4 aromatic heterocycles. The third-order valence-corrected chi connectivity index (χ3v) is 15.7. The van der Waals surface area contributed by atoms with Gasteiger partial charge >= 0.3 is 7.12 Å². The number of para-hydroxylation sites is 6. The summed E-state index contributed by atoms with van der Waals surface area (Å²) in [4.78, 5) is 0. The van der Waals surface area contributed by atoms with Crippen molar-refractivity contribution in [1.29, 1.82) is 0 Å². The third kappa shape index (κ3) is 8.73. The van der Waals surface area contributed by atoms with Crippen molar-refractivity contribution >= 4 is 116 Å². The molecule has 8 heteroatoms. The van der Waals surface area contributed by atoms with Crippen molar-refractivity contribution in [3.63, 3.8) is 0 Å². The standard InChI is InChI=1S/C36H23NO.C24H16BrN.C12H9BO3/c1-3-10-24(11-4-1)25-18-20-33-31(22-25)32-23-26(19-21-34(32)37(33)27-12-5-2-6-13-27)28-15-9-16-30-29-14-7-8-17-35(29)38-36(28)30;25-19-12-14-24-22(16-19)21-15-18(17-7-3-1-4-8-17)11-13-23(21)26(24)20-9-5-2-6-10-20;14-13(15)10-6-3-5-9-8-4-1-2-7-11(8)16-12(9)10/h1-23H;1-16H;1-7,14-15H. The summed E-state index contributed by atoms with van der Waals surface area (Å²) < 4.78 is 17.8. The Labute approximate surface area is 469 Å². The van der Waals surface area contributed by atoms with Crippen LogP contribution >= 0.6 is 15.9 Å². The quantitative estimate of drug-likeness (QED) is 0.163. The normalized spacial score (nSPS) is 11.4. The largest absolute Gasteiger partial charge is 0.492 e. The average Bonchev–Trinajstić information content (AvgIpc) is 4.36. The van der Waals surface area contributed by atoms with E-state index in [4.69, 9.17) is 8.83 Å². The molecule has 0 fully saturated rings. The molecule has 0 saturated carbocycles. The molecular weight excluding hydrogens is 1050 g/mol. The highest BCUT2D eigenvalue weighted by Gasteiger charge is 2.20. The predicted octanol–water partition coefficient (Wildman–Crippen LogP) is 18.5. The molecule has 0 aliphatic rings. The maximum Gasteiger partial charge on any atom is 0.492 e. The van der Waals surface area contributed by atoms with Gasteiger partial charge in [-0.25, -0.2) is 0 Å². The Morgan fingerprint density at radius 3 is 1.20 bits per heavy atom. The Bertz CT molecular complexity index is 4930. The molecule has 12 aromatic carbocycles. The van der Waals surface area contributed by atoms with E-state index in [-0.39, 0.29) is 0 Å². The highest BCUT2D eigenvalue weighted by atomic mass is 79.9. The summed E-state index contributed by atoms with van der Waals surface area (Å²) in [5.74, 6) is 0. The minimum atomic E-state index is -1.51. The fourth-order valence-corrected chi connectivity index (χ4v) is 11.8. The molecule has 0 amide bonds. The minimum absolute atomic E-state index is 0.397. The van der Waals surface area contributed by atoms with Gasteiger partial charge in [0.1, 0.15) is 22.3 Å². The molecule has 80 heavy (non-hydrogen) atoms. The molecule has 0 spiro atoms. The third-order valence-electron chi connectivity index (χ3n) is 15.2. The summed E-state index contributed by atoms with van der Waals surface area (Å²) in [6.07, 6.45) is 0. The van der Waals surface area contributed by atoms with Gasteiger partial charge in [0.15, 0.2) is 0 Å². The van der Waals surface area contributed by atoms with E-state index in [1.807, 2.05) is 42.5 Å². The lowest BCUT2D eigenvalue weighted by Crippen LogP contribution is -2.29. The molecule has 0 aliphatic heterocycles. The first-order valence-electron chi connectivity index (χ1n) is 26.6. The summed E-state index contributed by atoms with van der Waals surface area (Å²) in [5.41, 5.74) is 17.9. The molecule has 0 bridgehead atoms. The topological polar surface area (TPSA) is 76.6 Å². The second kappa shape index (κ2) is 20.6. The molecule has 0 radical (unpaired) electrons. The van der Waals surface area contributed by atoms with Crippen molar-refractivity contribution in [3.05, 3.63) is 284 Å². The molecule has 6 nitrogen and oxygen atoms in total. The van der Waals surface area contributed by atoms with Crippen LogP contribution in [0.15, 0.2) is 292 Å². The second-order valence-electron chi connectivity index (χ2n) is 19.9. The van der Waals surface area contributed by atoms with Crippen LogP contribution in [0.5, 0.6) is 0 Å². The molecule has 4 heterocycles. The molecule has 16 aromatic rings. The van der Waals surface area contributed by atoms with Crippen molar-refractivity contribution in [1.82, 2.24) is 9.13 Å². The smallest absolute Gasteiger partial charge is 0.456 e. The number of hydrogen-bond donors (Lipinski definition) is 2. The lowest BCUT2D eigenvalue weighted by Gasteiger charge is -2.08. The van der Waals surface area contributed by atoms with Gasteiger partial charge in [-0.3, -0.25) is 0 Å². The fraction of sp³-hybridized carbons (Fsp3) is 0. The summed E-state index contributed by atoms with van der Waals surface area (Å²) in [5, 5.41) is 27.7. The van der Waals surface area contributed by atoms with Crippen LogP contribution in [0.3, 0.4) is 0 Å². The van der Waals surface area contributed by atoms with Crippen LogP contribution in [-0.4, -0.2) is 26.3 Å². The Morgan fingerprint density at radius 1 is 0.300 bits per heavy atom. The monoisotopic (exact) mass is 1090 g/mol. The van der Waals surface area contributed by atoms with E-state index in [0.717, 1.165) is 59.6 Å². The van der Waals surface area contributed by atoms with Crippen LogP contribution in [0.2, 0.25) is 0 Å². The van der Waals surface area contributed by atoms with Crippen LogP contribution < -0.4 is 5.46 Å². The summed E-state index contributed by atoms with van der Waals surface area (Å²) in [6.45, 7) is 0. The van der Waals surface area contributed by atoms with E-state index >= 15 is 0 Å². The fourth-order valence-electron chi connectivity index (χ4n) is 11.5.